The van der Waals surface area contributed by atoms with Crippen LogP contribution in [0.25, 0.3) is 10.8 Å². The first-order valence-corrected chi connectivity index (χ1v) is 6.60. The van der Waals surface area contributed by atoms with Crippen LogP contribution in [-0.2, 0) is 14.9 Å². The molecule has 94 valence electrons. The summed E-state index contributed by atoms with van der Waals surface area (Å²) in [5.74, 6) is -0.250. The highest BCUT2D eigenvalue weighted by atomic mass is 32.2. The Morgan fingerprint density at radius 1 is 1.22 bits per heavy atom. The van der Waals surface area contributed by atoms with E-state index in [1.807, 2.05) is 0 Å². The van der Waals surface area contributed by atoms with Gasteiger partial charge in [-0.15, -0.1) is 0 Å². The summed E-state index contributed by atoms with van der Waals surface area (Å²) in [4.78, 5) is 10.9. The second kappa shape index (κ2) is 4.40. The molecule has 1 amide bonds. The molecular weight excluding hydrogens is 254 g/mol. The molecule has 0 heterocycles. The minimum absolute atomic E-state index is 0.201. The monoisotopic (exact) mass is 265 g/mol. The second-order valence-corrected chi connectivity index (χ2v) is 5.27. The van der Waals surface area contributed by atoms with Gasteiger partial charge in [-0.25, -0.2) is 0 Å². The topological polar surface area (TPSA) is 83.5 Å². The Labute approximate surface area is 104 Å². The Bertz CT molecular complexity index is 722. The molecule has 0 aromatic heterocycles. The molecule has 2 aromatic rings. The van der Waals surface area contributed by atoms with Crippen LogP contribution >= 0.6 is 0 Å². The molecule has 6 heteroatoms. The van der Waals surface area contributed by atoms with Crippen molar-refractivity contribution in [1.29, 1.82) is 0 Å². The van der Waals surface area contributed by atoms with Crippen molar-refractivity contribution < 1.29 is 17.8 Å². The van der Waals surface area contributed by atoms with Crippen molar-refractivity contribution in [1.82, 2.24) is 0 Å². The van der Waals surface area contributed by atoms with E-state index in [1.165, 1.54) is 19.1 Å². The van der Waals surface area contributed by atoms with Crippen molar-refractivity contribution in [2.45, 2.75) is 11.8 Å². The Hall–Kier alpha value is -1.92. The molecule has 0 aliphatic rings. The number of hydrogen-bond acceptors (Lipinski definition) is 3. The zero-order chi connectivity index (χ0) is 13.3. The van der Waals surface area contributed by atoms with Crippen LogP contribution in [0.2, 0.25) is 0 Å². The van der Waals surface area contributed by atoms with Crippen LogP contribution < -0.4 is 5.32 Å². The third kappa shape index (κ3) is 2.49. The average Bonchev–Trinajstić information content (AvgIpc) is 2.27. The van der Waals surface area contributed by atoms with Crippen LogP contribution in [-0.4, -0.2) is 18.9 Å². The number of fused-ring (bicyclic) bond motifs is 1. The van der Waals surface area contributed by atoms with Crippen LogP contribution in [0.5, 0.6) is 0 Å². The molecule has 0 bridgehead atoms. The van der Waals surface area contributed by atoms with Crippen molar-refractivity contribution in [3.8, 4) is 0 Å². The summed E-state index contributed by atoms with van der Waals surface area (Å²) < 4.78 is 31.2. The number of nitrogens with one attached hydrogen (secondary N) is 1. The SMILES string of the molecule is CC(=O)Nc1cccc2ccc(S(=O)(=O)O)cc12. The fraction of sp³-hybridized carbons (Fsp3) is 0.0833. The largest absolute Gasteiger partial charge is 0.326 e. The number of anilines is 1. The predicted octanol–water partition coefficient (Wildman–Crippen LogP) is 2.04. The molecule has 0 spiro atoms. The van der Waals surface area contributed by atoms with Crippen LogP contribution in [0.1, 0.15) is 6.92 Å². The molecule has 0 fully saturated rings. The summed E-state index contributed by atoms with van der Waals surface area (Å²) in [5.41, 5.74) is 0.505. The highest BCUT2D eigenvalue weighted by Gasteiger charge is 2.11. The molecular formula is C12H11NO4S. The standard InChI is InChI=1S/C12H11NO4S/c1-8(14)13-12-4-2-3-9-5-6-10(7-11(9)12)18(15,16)17/h2-7H,1H3,(H,13,14)(H,15,16,17). The molecule has 0 aliphatic heterocycles. The van der Waals surface area contributed by atoms with E-state index in [0.29, 0.717) is 11.1 Å². The molecule has 18 heavy (non-hydrogen) atoms. The van der Waals surface area contributed by atoms with E-state index in [-0.39, 0.29) is 10.8 Å². The van der Waals surface area contributed by atoms with Crippen molar-refractivity contribution in [2.75, 3.05) is 5.32 Å². The number of rotatable bonds is 2. The van der Waals surface area contributed by atoms with Gasteiger partial charge in [-0.05, 0) is 23.6 Å². The smallest absolute Gasteiger partial charge is 0.294 e. The van der Waals surface area contributed by atoms with Gasteiger partial charge in [-0.3, -0.25) is 9.35 Å². The number of amides is 1. The Morgan fingerprint density at radius 2 is 1.94 bits per heavy atom. The van der Waals surface area contributed by atoms with Gasteiger partial charge < -0.3 is 5.32 Å². The third-order valence-corrected chi connectivity index (χ3v) is 3.31. The third-order valence-electron chi connectivity index (χ3n) is 2.46. The highest BCUT2D eigenvalue weighted by Crippen LogP contribution is 2.26. The average molecular weight is 265 g/mol. The van der Waals surface area contributed by atoms with Crippen LogP contribution in [0.15, 0.2) is 41.3 Å². The maximum atomic E-state index is 11.1. The lowest BCUT2D eigenvalue weighted by Crippen LogP contribution is -2.06. The summed E-state index contributed by atoms with van der Waals surface area (Å²) in [6, 6.07) is 9.42. The van der Waals surface area contributed by atoms with Gasteiger partial charge in [0.05, 0.1) is 4.90 Å². The molecule has 0 radical (unpaired) electrons. The molecule has 5 nitrogen and oxygen atoms in total. The van der Waals surface area contributed by atoms with Gasteiger partial charge >= 0.3 is 0 Å². The molecule has 2 aromatic carbocycles. The van der Waals surface area contributed by atoms with E-state index in [1.54, 1.807) is 24.3 Å². The van der Waals surface area contributed by atoms with Gasteiger partial charge in [-0.2, -0.15) is 8.42 Å². The van der Waals surface area contributed by atoms with Gasteiger partial charge in [-0.1, -0.05) is 18.2 Å². The summed E-state index contributed by atoms with van der Waals surface area (Å²) in [7, 11) is -4.25. The second-order valence-electron chi connectivity index (χ2n) is 3.84. The molecule has 0 aliphatic carbocycles. The van der Waals surface area contributed by atoms with Crippen LogP contribution in [0.4, 0.5) is 5.69 Å². The van der Waals surface area contributed by atoms with Gasteiger partial charge in [0.1, 0.15) is 0 Å². The summed E-state index contributed by atoms with van der Waals surface area (Å²) >= 11 is 0. The lowest BCUT2D eigenvalue weighted by atomic mass is 10.1. The lowest BCUT2D eigenvalue weighted by Gasteiger charge is -2.08. The van der Waals surface area contributed by atoms with E-state index in [4.69, 9.17) is 4.55 Å². The zero-order valence-electron chi connectivity index (χ0n) is 9.54. The maximum Gasteiger partial charge on any atom is 0.294 e. The van der Waals surface area contributed by atoms with Gasteiger partial charge in [0, 0.05) is 18.0 Å². The highest BCUT2D eigenvalue weighted by molar-refractivity contribution is 7.85. The Morgan fingerprint density at radius 3 is 2.56 bits per heavy atom. The van der Waals surface area contributed by atoms with Crippen LogP contribution in [0, 0.1) is 0 Å². The molecule has 2 rings (SSSR count). The Kier molecular flexibility index (Phi) is 3.06. The normalized spacial score (nSPS) is 11.4. The molecule has 0 atom stereocenters. The molecule has 2 N–H and O–H groups in total. The minimum Gasteiger partial charge on any atom is -0.326 e. The van der Waals surface area contributed by atoms with Crippen molar-refractivity contribution >= 4 is 32.5 Å². The number of carbonyl (C=O) groups excluding carboxylic acids is 1. The van der Waals surface area contributed by atoms with Crippen LogP contribution in [0.3, 0.4) is 0 Å². The van der Waals surface area contributed by atoms with Gasteiger partial charge in [0.15, 0.2) is 0 Å². The fourth-order valence-corrected chi connectivity index (χ4v) is 2.22. The van der Waals surface area contributed by atoms with Crippen molar-refractivity contribution in [3.05, 3.63) is 36.4 Å². The first-order valence-electron chi connectivity index (χ1n) is 5.16. The zero-order valence-corrected chi connectivity index (χ0v) is 10.4. The predicted molar refractivity (Wildman–Crippen MR) is 68.1 cm³/mol. The Balaban J connectivity index is 2.69. The minimum atomic E-state index is -4.25. The van der Waals surface area contributed by atoms with E-state index in [9.17, 15) is 13.2 Å². The van der Waals surface area contributed by atoms with E-state index >= 15 is 0 Å². The molecule has 0 saturated heterocycles. The van der Waals surface area contributed by atoms with Gasteiger partial charge in [0.25, 0.3) is 10.1 Å². The quantitative estimate of drug-likeness (QED) is 0.814. The number of hydrogen-bond donors (Lipinski definition) is 2. The molecule has 0 unspecified atom stereocenters. The number of benzene rings is 2. The fourth-order valence-electron chi connectivity index (χ4n) is 1.71. The summed E-state index contributed by atoms with van der Waals surface area (Å²) in [6.45, 7) is 1.37. The maximum absolute atomic E-state index is 11.1. The summed E-state index contributed by atoms with van der Waals surface area (Å²) in [5, 5.41) is 3.94. The van der Waals surface area contributed by atoms with Crippen molar-refractivity contribution in [3.63, 3.8) is 0 Å². The van der Waals surface area contributed by atoms with E-state index in [0.717, 1.165) is 5.39 Å². The van der Waals surface area contributed by atoms with Gasteiger partial charge in [0.2, 0.25) is 5.91 Å². The van der Waals surface area contributed by atoms with E-state index < -0.39 is 10.1 Å². The summed E-state index contributed by atoms with van der Waals surface area (Å²) in [6.07, 6.45) is 0. The lowest BCUT2D eigenvalue weighted by molar-refractivity contribution is -0.114. The van der Waals surface area contributed by atoms with E-state index in [2.05, 4.69) is 5.32 Å². The first kappa shape index (κ1) is 12.5. The number of carbonyl (C=O) groups is 1. The van der Waals surface area contributed by atoms with Crippen molar-refractivity contribution in [2.24, 2.45) is 0 Å². The molecule has 0 saturated carbocycles. The first-order chi connectivity index (χ1) is 8.38.